The number of hydrogen-bond donors (Lipinski definition) is 2. The average molecular weight is 357 g/mol. The highest BCUT2D eigenvalue weighted by Gasteiger charge is 2.34. The molecular weight excluding hydrogens is 337 g/mol. The Labute approximate surface area is 150 Å². The molecule has 136 valence electrons. The van der Waals surface area contributed by atoms with E-state index in [-0.39, 0.29) is 11.9 Å². The summed E-state index contributed by atoms with van der Waals surface area (Å²) in [6, 6.07) is 11.7. The van der Waals surface area contributed by atoms with E-state index in [0.717, 1.165) is 6.42 Å². The Morgan fingerprint density at radius 3 is 2.58 bits per heavy atom. The number of halogens is 1. The maximum absolute atomic E-state index is 13.3. The lowest BCUT2D eigenvalue weighted by Crippen LogP contribution is -2.45. The number of nitrogens with zero attached hydrogens (tertiary/aromatic N) is 1. The minimum Gasteiger partial charge on any atom is -0.497 e. The molecule has 2 aromatic rings. The quantitative estimate of drug-likeness (QED) is 0.880. The zero-order valence-electron chi connectivity index (χ0n) is 14.4. The molecule has 26 heavy (non-hydrogen) atoms. The molecule has 6 nitrogen and oxygen atoms in total. The third kappa shape index (κ3) is 4.11. The van der Waals surface area contributed by atoms with E-state index in [1.807, 2.05) is 0 Å². The topological polar surface area (TPSA) is 70.7 Å². The summed E-state index contributed by atoms with van der Waals surface area (Å²) < 4.78 is 18.4. The van der Waals surface area contributed by atoms with Crippen molar-refractivity contribution in [2.75, 3.05) is 24.3 Å². The van der Waals surface area contributed by atoms with Crippen LogP contribution in [0.4, 0.5) is 20.6 Å². The largest absolute Gasteiger partial charge is 0.497 e. The predicted molar refractivity (Wildman–Crippen MR) is 96.8 cm³/mol. The standard InChI is InChI=1S/C19H20FN3O3/c1-26-16-8-3-7-15(12-16)22-19(25)23-10-4-9-17(23)18(24)21-14-6-2-5-13(20)11-14/h2-3,5-8,11-12,17H,4,9-10H2,1H3,(H,21,24)(H,22,25)/t17-/m1/s1. The van der Waals surface area contributed by atoms with Crippen LogP contribution >= 0.6 is 0 Å². The molecule has 0 spiro atoms. The average Bonchev–Trinajstić information content (AvgIpc) is 3.12. The SMILES string of the molecule is COc1cccc(NC(=O)N2CCC[C@@H]2C(=O)Nc2cccc(F)c2)c1. The van der Waals surface area contributed by atoms with Gasteiger partial charge in [0.05, 0.1) is 7.11 Å². The second kappa shape index (κ2) is 7.86. The van der Waals surface area contributed by atoms with Crippen LogP contribution in [0.1, 0.15) is 12.8 Å². The summed E-state index contributed by atoms with van der Waals surface area (Å²) in [5, 5.41) is 5.45. The van der Waals surface area contributed by atoms with E-state index in [4.69, 9.17) is 4.74 Å². The molecule has 1 heterocycles. The first kappa shape index (κ1) is 17.7. The van der Waals surface area contributed by atoms with Gasteiger partial charge in [0.25, 0.3) is 0 Å². The van der Waals surface area contributed by atoms with Crippen LogP contribution in [0.3, 0.4) is 0 Å². The van der Waals surface area contributed by atoms with Crippen molar-refractivity contribution < 1.29 is 18.7 Å². The zero-order chi connectivity index (χ0) is 18.5. The second-order valence-electron chi connectivity index (χ2n) is 6.01. The smallest absolute Gasteiger partial charge is 0.322 e. The van der Waals surface area contributed by atoms with Gasteiger partial charge in [-0.2, -0.15) is 0 Å². The lowest BCUT2D eigenvalue weighted by Gasteiger charge is -2.24. The minimum absolute atomic E-state index is 0.325. The summed E-state index contributed by atoms with van der Waals surface area (Å²) in [6.07, 6.45) is 1.29. The first-order valence-electron chi connectivity index (χ1n) is 8.35. The Balaban J connectivity index is 1.66. The second-order valence-corrected chi connectivity index (χ2v) is 6.01. The fourth-order valence-electron chi connectivity index (χ4n) is 2.97. The molecule has 2 N–H and O–H groups in total. The van der Waals surface area contributed by atoms with Gasteiger partial charge in [-0.25, -0.2) is 9.18 Å². The molecule has 1 aliphatic heterocycles. The van der Waals surface area contributed by atoms with Gasteiger partial charge in [-0.05, 0) is 43.2 Å². The fraction of sp³-hybridized carbons (Fsp3) is 0.263. The number of anilines is 2. The minimum atomic E-state index is -0.594. The summed E-state index contributed by atoms with van der Waals surface area (Å²) in [5.74, 6) is -0.125. The molecule has 0 aliphatic carbocycles. The van der Waals surface area contributed by atoms with Crippen LogP contribution in [0, 0.1) is 5.82 Å². The molecule has 7 heteroatoms. The summed E-state index contributed by atoms with van der Waals surface area (Å²) >= 11 is 0. The third-order valence-corrected chi connectivity index (χ3v) is 4.23. The molecule has 0 radical (unpaired) electrons. The van der Waals surface area contributed by atoms with Crippen molar-refractivity contribution in [1.29, 1.82) is 0 Å². The Bertz CT molecular complexity index is 812. The number of methoxy groups -OCH3 is 1. The maximum Gasteiger partial charge on any atom is 0.322 e. The summed E-state index contributed by atoms with van der Waals surface area (Å²) in [5.41, 5.74) is 0.959. The lowest BCUT2D eigenvalue weighted by atomic mass is 10.2. The number of hydrogen-bond acceptors (Lipinski definition) is 3. The molecule has 0 saturated carbocycles. The predicted octanol–water partition coefficient (Wildman–Crippen LogP) is 3.47. The van der Waals surface area contributed by atoms with Crippen LogP contribution in [-0.2, 0) is 4.79 Å². The number of nitrogens with one attached hydrogen (secondary N) is 2. The van der Waals surface area contributed by atoms with E-state index >= 15 is 0 Å². The van der Waals surface area contributed by atoms with E-state index < -0.39 is 11.9 Å². The highest BCUT2D eigenvalue weighted by atomic mass is 19.1. The molecule has 1 atom stereocenters. The van der Waals surface area contributed by atoms with Crippen molar-refractivity contribution in [1.82, 2.24) is 4.90 Å². The Morgan fingerprint density at radius 2 is 1.85 bits per heavy atom. The number of carbonyl (C=O) groups is 2. The summed E-state index contributed by atoms with van der Waals surface area (Å²) in [7, 11) is 1.55. The zero-order valence-corrected chi connectivity index (χ0v) is 14.4. The van der Waals surface area contributed by atoms with Crippen molar-refractivity contribution in [2.45, 2.75) is 18.9 Å². The number of benzene rings is 2. The molecule has 3 rings (SSSR count). The van der Waals surface area contributed by atoms with E-state index in [1.165, 1.54) is 23.1 Å². The molecule has 3 amide bonds. The first-order chi connectivity index (χ1) is 12.6. The van der Waals surface area contributed by atoms with Crippen LogP contribution in [0.2, 0.25) is 0 Å². The van der Waals surface area contributed by atoms with Crippen molar-refractivity contribution in [3.8, 4) is 5.75 Å². The number of urea groups is 1. The van der Waals surface area contributed by atoms with Gasteiger partial charge in [0.15, 0.2) is 0 Å². The Hall–Kier alpha value is -3.09. The van der Waals surface area contributed by atoms with Crippen LogP contribution in [0.25, 0.3) is 0 Å². The van der Waals surface area contributed by atoms with Crippen LogP contribution in [-0.4, -0.2) is 36.5 Å². The van der Waals surface area contributed by atoms with Gasteiger partial charge in [-0.15, -0.1) is 0 Å². The van der Waals surface area contributed by atoms with Crippen LogP contribution in [0.5, 0.6) is 5.75 Å². The third-order valence-electron chi connectivity index (χ3n) is 4.23. The summed E-state index contributed by atoms with van der Waals surface area (Å²) in [4.78, 5) is 26.6. The number of amides is 3. The molecule has 0 aromatic heterocycles. The van der Waals surface area contributed by atoms with Gasteiger partial charge in [-0.3, -0.25) is 4.79 Å². The van der Waals surface area contributed by atoms with E-state index in [0.29, 0.717) is 30.1 Å². The van der Waals surface area contributed by atoms with Gasteiger partial charge in [0.1, 0.15) is 17.6 Å². The molecule has 1 aliphatic rings. The Kier molecular flexibility index (Phi) is 5.36. The normalized spacial score (nSPS) is 16.2. The monoisotopic (exact) mass is 357 g/mol. The van der Waals surface area contributed by atoms with Crippen molar-refractivity contribution in [3.05, 3.63) is 54.3 Å². The number of rotatable bonds is 4. The highest BCUT2D eigenvalue weighted by molar-refractivity contribution is 5.99. The van der Waals surface area contributed by atoms with Gasteiger partial charge < -0.3 is 20.3 Å². The molecule has 0 bridgehead atoms. The van der Waals surface area contributed by atoms with Crippen LogP contribution < -0.4 is 15.4 Å². The fourth-order valence-corrected chi connectivity index (χ4v) is 2.97. The van der Waals surface area contributed by atoms with Gasteiger partial charge >= 0.3 is 6.03 Å². The van der Waals surface area contributed by atoms with Crippen LogP contribution in [0.15, 0.2) is 48.5 Å². The van der Waals surface area contributed by atoms with Crippen molar-refractivity contribution >= 4 is 23.3 Å². The van der Waals surface area contributed by atoms with Gasteiger partial charge in [0, 0.05) is 24.0 Å². The van der Waals surface area contributed by atoms with Gasteiger partial charge in [0.2, 0.25) is 5.91 Å². The number of carbonyl (C=O) groups excluding carboxylic acids is 2. The van der Waals surface area contributed by atoms with Crippen molar-refractivity contribution in [2.24, 2.45) is 0 Å². The van der Waals surface area contributed by atoms with Gasteiger partial charge in [-0.1, -0.05) is 12.1 Å². The van der Waals surface area contributed by atoms with E-state index in [9.17, 15) is 14.0 Å². The molecule has 2 aromatic carbocycles. The highest BCUT2D eigenvalue weighted by Crippen LogP contribution is 2.22. The number of likely N-dealkylation sites (tertiary alicyclic amines) is 1. The number of ether oxygens (including phenoxy) is 1. The van der Waals surface area contributed by atoms with E-state index in [2.05, 4.69) is 10.6 Å². The van der Waals surface area contributed by atoms with Crippen molar-refractivity contribution in [3.63, 3.8) is 0 Å². The van der Waals surface area contributed by atoms with E-state index in [1.54, 1.807) is 37.4 Å². The first-order valence-corrected chi connectivity index (χ1v) is 8.35. The molecule has 0 unspecified atom stereocenters. The maximum atomic E-state index is 13.3. The molecule has 1 fully saturated rings. The summed E-state index contributed by atoms with van der Waals surface area (Å²) in [6.45, 7) is 0.483. The molecule has 1 saturated heterocycles. The molecular formula is C19H20FN3O3. The lowest BCUT2D eigenvalue weighted by molar-refractivity contribution is -0.119. The Morgan fingerprint density at radius 1 is 1.12 bits per heavy atom.